The van der Waals surface area contributed by atoms with Gasteiger partial charge in [0.2, 0.25) is 0 Å². The molecule has 5 heteroatoms. The van der Waals surface area contributed by atoms with Gasteiger partial charge in [-0.2, -0.15) is 0 Å². The molecule has 0 aliphatic carbocycles. The van der Waals surface area contributed by atoms with Crippen LogP contribution in [-0.4, -0.2) is 33.0 Å². The minimum absolute atomic E-state index is 0.646. The van der Waals surface area contributed by atoms with E-state index in [2.05, 4.69) is 4.98 Å². The second kappa shape index (κ2) is 4.14. The monoisotopic (exact) mass is 240 g/mol. The first kappa shape index (κ1) is 11.5. The highest BCUT2D eigenvalue weighted by Crippen LogP contribution is 2.30. The van der Waals surface area contributed by atoms with E-state index < -0.39 is 11.5 Å². The number of likely N-dealkylation sites (tertiary alicyclic amines) is 1. The number of aliphatic carboxylic acids is 1. The Balaban J connectivity index is 2.12. The van der Waals surface area contributed by atoms with Crippen LogP contribution in [0.1, 0.15) is 30.5 Å². The van der Waals surface area contributed by atoms with Crippen molar-refractivity contribution in [3.8, 4) is 0 Å². The van der Waals surface area contributed by atoms with Crippen LogP contribution >= 0.6 is 11.3 Å². The first-order valence-electron chi connectivity index (χ1n) is 5.42. The van der Waals surface area contributed by atoms with Crippen molar-refractivity contribution >= 4 is 17.3 Å². The van der Waals surface area contributed by atoms with Gasteiger partial charge in [-0.3, -0.25) is 9.69 Å². The molecule has 0 spiro atoms. The molecule has 1 unspecified atom stereocenters. The van der Waals surface area contributed by atoms with Gasteiger partial charge in [-0.1, -0.05) is 0 Å². The fourth-order valence-electron chi connectivity index (χ4n) is 2.19. The summed E-state index contributed by atoms with van der Waals surface area (Å²) >= 11 is 1.61. The molecule has 0 bridgehead atoms. The van der Waals surface area contributed by atoms with E-state index in [1.54, 1.807) is 11.3 Å². The number of carbonyl (C=O) groups is 1. The zero-order valence-electron chi connectivity index (χ0n) is 9.56. The lowest BCUT2D eigenvalue weighted by molar-refractivity contribution is -0.148. The Labute approximate surface area is 98.9 Å². The zero-order valence-corrected chi connectivity index (χ0v) is 10.4. The van der Waals surface area contributed by atoms with E-state index in [9.17, 15) is 9.90 Å². The summed E-state index contributed by atoms with van der Waals surface area (Å²) in [5.41, 5.74) is 0.272. The Hall–Kier alpha value is -0.940. The number of hydrogen-bond acceptors (Lipinski definition) is 4. The summed E-state index contributed by atoms with van der Waals surface area (Å²) in [4.78, 5) is 17.7. The van der Waals surface area contributed by atoms with Gasteiger partial charge in [0, 0.05) is 11.9 Å². The largest absolute Gasteiger partial charge is 0.480 e. The quantitative estimate of drug-likeness (QED) is 0.876. The van der Waals surface area contributed by atoms with Crippen molar-refractivity contribution in [3.63, 3.8) is 0 Å². The predicted molar refractivity (Wildman–Crippen MR) is 62.5 cm³/mol. The van der Waals surface area contributed by atoms with Crippen LogP contribution in [0.15, 0.2) is 5.38 Å². The number of aromatic nitrogens is 1. The minimum Gasteiger partial charge on any atom is -0.480 e. The summed E-state index contributed by atoms with van der Waals surface area (Å²) in [6.07, 6.45) is 1.68. The van der Waals surface area contributed by atoms with Gasteiger partial charge >= 0.3 is 5.97 Å². The lowest BCUT2D eigenvalue weighted by Gasteiger charge is -2.30. The molecule has 88 valence electrons. The van der Waals surface area contributed by atoms with Crippen molar-refractivity contribution < 1.29 is 9.90 Å². The van der Waals surface area contributed by atoms with Crippen LogP contribution in [0, 0.1) is 6.92 Å². The molecule has 1 aliphatic rings. The molecule has 1 aromatic rings. The van der Waals surface area contributed by atoms with E-state index in [-0.39, 0.29) is 0 Å². The molecule has 0 radical (unpaired) electrons. The second-order valence-electron chi connectivity index (χ2n) is 4.46. The summed E-state index contributed by atoms with van der Waals surface area (Å²) in [7, 11) is 0. The predicted octanol–water partition coefficient (Wildman–Crippen LogP) is 1.89. The van der Waals surface area contributed by atoms with Gasteiger partial charge in [0.05, 0.1) is 10.7 Å². The average Bonchev–Trinajstić information content (AvgIpc) is 2.76. The maximum absolute atomic E-state index is 11.3. The molecule has 0 amide bonds. The third-order valence-corrected chi connectivity index (χ3v) is 4.09. The molecular formula is C11H16N2O2S. The van der Waals surface area contributed by atoms with Crippen LogP contribution in [0.25, 0.3) is 0 Å². The van der Waals surface area contributed by atoms with E-state index in [1.165, 1.54) is 0 Å². The molecular weight excluding hydrogens is 224 g/mol. The van der Waals surface area contributed by atoms with Gasteiger partial charge in [-0.25, -0.2) is 4.98 Å². The second-order valence-corrected chi connectivity index (χ2v) is 5.52. The van der Waals surface area contributed by atoms with Gasteiger partial charge in [0.25, 0.3) is 0 Å². The molecule has 16 heavy (non-hydrogen) atoms. The maximum atomic E-state index is 11.3. The van der Waals surface area contributed by atoms with Gasteiger partial charge in [0.1, 0.15) is 5.54 Å². The van der Waals surface area contributed by atoms with Crippen LogP contribution in [-0.2, 0) is 11.3 Å². The molecule has 1 aromatic heterocycles. The molecule has 2 rings (SSSR count). The zero-order chi connectivity index (χ0) is 11.8. The van der Waals surface area contributed by atoms with Crippen LogP contribution in [0.5, 0.6) is 0 Å². The Kier molecular flexibility index (Phi) is 2.99. The maximum Gasteiger partial charge on any atom is 0.323 e. The summed E-state index contributed by atoms with van der Waals surface area (Å²) in [5.74, 6) is -0.725. The third kappa shape index (κ3) is 1.97. The molecule has 0 aromatic carbocycles. The first-order valence-corrected chi connectivity index (χ1v) is 6.30. The van der Waals surface area contributed by atoms with Gasteiger partial charge in [-0.15, -0.1) is 11.3 Å². The molecule has 0 saturated carbocycles. The molecule has 1 N–H and O–H groups in total. The number of aryl methyl sites for hydroxylation is 1. The van der Waals surface area contributed by atoms with Gasteiger partial charge in [0.15, 0.2) is 0 Å². The molecule has 1 fully saturated rings. The van der Waals surface area contributed by atoms with E-state index in [0.717, 1.165) is 30.1 Å². The number of nitrogens with zero attached hydrogens (tertiary/aromatic N) is 2. The van der Waals surface area contributed by atoms with Crippen molar-refractivity contribution in [3.05, 3.63) is 16.1 Å². The molecule has 1 atom stereocenters. The van der Waals surface area contributed by atoms with Crippen molar-refractivity contribution in [1.82, 2.24) is 9.88 Å². The van der Waals surface area contributed by atoms with Crippen LogP contribution < -0.4 is 0 Å². The first-order chi connectivity index (χ1) is 7.52. The molecule has 1 saturated heterocycles. The SMILES string of the molecule is Cc1nc(CN2CCCC2(C)C(=O)O)cs1. The topological polar surface area (TPSA) is 53.4 Å². The molecule has 2 heterocycles. The van der Waals surface area contributed by atoms with E-state index >= 15 is 0 Å². The Morgan fingerprint density at radius 3 is 3.06 bits per heavy atom. The fourth-order valence-corrected chi connectivity index (χ4v) is 2.79. The van der Waals surface area contributed by atoms with E-state index in [4.69, 9.17) is 0 Å². The van der Waals surface area contributed by atoms with Crippen LogP contribution in [0.3, 0.4) is 0 Å². The lowest BCUT2D eigenvalue weighted by atomic mass is 9.99. The summed E-state index contributed by atoms with van der Waals surface area (Å²) in [6, 6.07) is 0. The van der Waals surface area contributed by atoms with Crippen molar-refractivity contribution in [1.29, 1.82) is 0 Å². The van der Waals surface area contributed by atoms with Crippen molar-refractivity contribution in [2.75, 3.05) is 6.54 Å². The Bertz CT molecular complexity index is 404. The summed E-state index contributed by atoms with van der Waals surface area (Å²) in [5, 5.41) is 12.3. The highest BCUT2D eigenvalue weighted by molar-refractivity contribution is 7.09. The number of carboxylic acid groups (broad SMARTS) is 1. The normalized spacial score (nSPS) is 26.1. The Morgan fingerprint density at radius 2 is 2.50 bits per heavy atom. The average molecular weight is 240 g/mol. The molecule has 4 nitrogen and oxygen atoms in total. The summed E-state index contributed by atoms with van der Waals surface area (Å²) < 4.78 is 0. The molecule has 1 aliphatic heterocycles. The van der Waals surface area contributed by atoms with Gasteiger partial charge in [-0.05, 0) is 33.2 Å². The number of rotatable bonds is 3. The van der Waals surface area contributed by atoms with Crippen LogP contribution in [0.2, 0.25) is 0 Å². The smallest absolute Gasteiger partial charge is 0.323 e. The highest BCUT2D eigenvalue weighted by atomic mass is 32.1. The lowest BCUT2D eigenvalue weighted by Crippen LogP contribution is -2.47. The third-order valence-electron chi connectivity index (χ3n) is 3.27. The van der Waals surface area contributed by atoms with Gasteiger partial charge < -0.3 is 5.11 Å². The number of thiazole rings is 1. The van der Waals surface area contributed by atoms with Crippen molar-refractivity contribution in [2.24, 2.45) is 0 Å². The van der Waals surface area contributed by atoms with Crippen LogP contribution in [0.4, 0.5) is 0 Å². The standard InChI is InChI=1S/C11H16N2O2S/c1-8-12-9(7-16-8)6-13-5-3-4-11(13,2)10(14)15/h7H,3-6H2,1-2H3,(H,14,15). The number of carboxylic acids is 1. The Morgan fingerprint density at radius 1 is 1.75 bits per heavy atom. The number of hydrogen-bond donors (Lipinski definition) is 1. The van der Waals surface area contributed by atoms with E-state index in [1.807, 2.05) is 24.1 Å². The minimum atomic E-state index is -0.725. The summed E-state index contributed by atoms with van der Waals surface area (Å²) in [6.45, 7) is 5.27. The fraction of sp³-hybridized carbons (Fsp3) is 0.636. The van der Waals surface area contributed by atoms with E-state index in [0.29, 0.717) is 6.54 Å². The van der Waals surface area contributed by atoms with Crippen molar-refractivity contribution in [2.45, 2.75) is 38.8 Å². The highest BCUT2D eigenvalue weighted by Gasteiger charge is 2.43.